The SMILES string of the molecule is COC(=O)C(CC(C)C)NC(=O)COC(=O)c1cc(OC)c2c(c1)OCCO2. The van der Waals surface area contributed by atoms with E-state index in [9.17, 15) is 14.4 Å². The Morgan fingerprint density at radius 3 is 2.50 bits per heavy atom. The summed E-state index contributed by atoms with van der Waals surface area (Å²) in [6.45, 7) is 4.02. The maximum absolute atomic E-state index is 12.3. The van der Waals surface area contributed by atoms with E-state index in [1.165, 1.54) is 26.4 Å². The van der Waals surface area contributed by atoms with Gasteiger partial charge < -0.3 is 29.0 Å². The van der Waals surface area contributed by atoms with E-state index in [2.05, 4.69) is 10.1 Å². The maximum Gasteiger partial charge on any atom is 0.338 e. The lowest BCUT2D eigenvalue weighted by Gasteiger charge is -2.21. The summed E-state index contributed by atoms with van der Waals surface area (Å²) in [5.41, 5.74) is 0.153. The third-order valence-electron chi connectivity index (χ3n) is 3.93. The standard InChI is InChI=1S/C19H25NO8/c1-11(2)7-13(19(23)25-4)20-16(21)10-28-18(22)12-8-14(24-3)17-15(9-12)26-5-6-27-17/h8-9,11,13H,5-7,10H2,1-4H3,(H,20,21). The number of fused-ring (bicyclic) bond motifs is 1. The molecule has 28 heavy (non-hydrogen) atoms. The first-order chi connectivity index (χ1) is 13.3. The number of amides is 1. The van der Waals surface area contributed by atoms with Crippen LogP contribution in [0, 0.1) is 5.92 Å². The first kappa shape index (κ1) is 21.3. The van der Waals surface area contributed by atoms with Crippen LogP contribution in [0.2, 0.25) is 0 Å². The van der Waals surface area contributed by atoms with Crippen LogP contribution >= 0.6 is 0 Å². The molecule has 0 saturated heterocycles. The monoisotopic (exact) mass is 395 g/mol. The van der Waals surface area contributed by atoms with Gasteiger partial charge in [0.15, 0.2) is 18.1 Å². The molecule has 1 N–H and O–H groups in total. The number of carbonyl (C=O) groups excluding carboxylic acids is 3. The van der Waals surface area contributed by atoms with Gasteiger partial charge in [0.1, 0.15) is 19.3 Å². The fourth-order valence-corrected chi connectivity index (χ4v) is 2.67. The van der Waals surface area contributed by atoms with E-state index in [1.807, 2.05) is 13.8 Å². The van der Waals surface area contributed by atoms with Crippen molar-refractivity contribution in [2.45, 2.75) is 26.3 Å². The molecule has 1 aliphatic heterocycles. The molecule has 9 nitrogen and oxygen atoms in total. The van der Waals surface area contributed by atoms with Gasteiger partial charge in [-0.15, -0.1) is 0 Å². The molecule has 1 unspecified atom stereocenters. The van der Waals surface area contributed by atoms with Crippen molar-refractivity contribution in [3.63, 3.8) is 0 Å². The molecule has 1 aliphatic rings. The van der Waals surface area contributed by atoms with Crippen molar-refractivity contribution < 1.29 is 38.1 Å². The number of ether oxygens (including phenoxy) is 5. The largest absolute Gasteiger partial charge is 0.493 e. The van der Waals surface area contributed by atoms with E-state index in [0.717, 1.165) is 0 Å². The summed E-state index contributed by atoms with van der Waals surface area (Å²) in [6, 6.07) is 2.11. The van der Waals surface area contributed by atoms with Crippen molar-refractivity contribution in [1.29, 1.82) is 0 Å². The second-order valence-corrected chi connectivity index (χ2v) is 6.55. The summed E-state index contributed by atoms with van der Waals surface area (Å²) in [6.07, 6.45) is 0.408. The molecule has 1 atom stereocenters. The van der Waals surface area contributed by atoms with Gasteiger partial charge in [-0.2, -0.15) is 0 Å². The Bertz CT molecular complexity index is 714. The van der Waals surface area contributed by atoms with Crippen LogP contribution in [0.1, 0.15) is 30.6 Å². The lowest BCUT2D eigenvalue weighted by atomic mass is 10.0. The van der Waals surface area contributed by atoms with Crippen LogP contribution in [0.25, 0.3) is 0 Å². The summed E-state index contributed by atoms with van der Waals surface area (Å²) in [7, 11) is 2.69. The summed E-state index contributed by atoms with van der Waals surface area (Å²) in [5, 5.41) is 2.52. The van der Waals surface area contributed by atoms with Gasteiger partial charge in [-0.05, 0) is 24.5 Å². The number of carbonyl (C=O) groups is 3. The molecule has 2 rings (SSSR count). The van der Waals surface area contributed by atoms with E-state index in [-0.39, 0.29) is 11.5 Å². The number of esters is 2. The van der Waals surface area contributed by atoms with E-state index < -0.39 is 30.5 Å². The van der Waals surface area contributed by atoms with Gasteiger partial charge in [0.2, 0.25) is 5.75 Å². The van der Waals surface area contributed by atoms with Gasteiger partial charge in [0.25, 0.3) is 5.91 Å². The minimum Gasteiger partial charge on any atom is -0.493 e. The quantitative estimate of drug-likeness (QED) is 0.657. The Balaban J connectivity index is 1.99. The fourth-order valence-electron chi connectivity index (χ4n) is 2.67. The minimum atomic E-state index is -0.800. The second kappa shape index (κ2) is 9.82. The highest BCUT2D eigenvalue weighted by molar-refractivity contribution is 5.93. The molecule has 1 aromatic rings. The zero-order chi connectivity index (χ0) is 20.7. The third-order valence-corrected chi connectivity index (χ3v) is 3.93. The molecule has 9 heteroatoms. The Kier molecular flexibility index (Phi) is 7.48. The average molecular weight is 395 g/mol. The predicted octanol–water partition coefficient (Wildman–Crippen LogP) is 1.33. The summed E-state index contributed by atoms with van der Waals surface area (Å²) in [5.74, 6) is -0.612. The molecule has 0 saturated carbocycles. The lowest BCUT2D eigenvalue weighted by molar-refractivity contribution is -0.145. The molecule has 0 spiro atoms. The number of methoxy groups -OCH3 is 2. The van der Waals surface area contributed by atoms with Crippen LogP contribution in [0.3, 0.4) is 0 Å². The van der Waals surface area contributed by atoms with Gasteiger partial charge >= 0.3 is 11.9 Å². The molecule has 1 aromatic carbocycles. The van der Waals surface area contributed by atoms with Crippen LogP contribution in [0.5, 0.6) is 17.2 Å². The highest BCUT2D eigenvalue weighted by Gasteiger charge is 2.24. The lowest BCUT2D eigenvalue weighted by Crippen LogP contribution is -2.44. The van der Waals surface area contributed by atoms with Gasteiger partial charge in [0, 0.05) is 0 Å². The molecule has 0 bridgehead atoms. The highest BCUT2D eigenvalue weighted by atomic mass is 16.6. The molecule has 0 radical (unpaired) electrons. The molecule has 1 amide bonds. The fraction of sp³-hybridized carbons (Fsp3) is 0.526. The molecule has 1 heterocycles. The zero-order valence-electron chi connectivity index (χ0n) is 16.4. The van der Waals surface area contributed by atoms with Gasteiger partial charge in [-0.3, -0.25) is 4.79 Å². The molecule has 0 aliphatic carbocycles. The normalized spacial score (nSPS) is 13.5. The Morgan fingerprint density at radius 2 is 1.86 bits per heavy atom. The van der Waals surface area contributed by atoms with E-state index in [1.54, 1.807) is 0 Å². The predicted molar refractivity (Wildman–Crippen MR) is 97.7 cm³/mol. The number of benzene rings is 1. The zero-order valence-corrected chi connectivity index (χ0v) is 16.4. The van der Waals surface area contributed by atoms with Crippen LogP contribution in [-0.4, -0.2) is 57.9 Å². The van der Waals surface area contributed by atoms with Crippen molar-refractivity contribution >= 4 is 17.8 Å². The van der Waals surface area contributed by atoms with Gasteiger partial charge in [0.05, 0.1) is 19.8 Å². The van der Waals surface area contributed by atoms with Gasteiger partial charge in [-0.25, -0.2) is 9.59 Å². The molecule has 154 valence electrons. The average Bonchev–Trinajstić information content (AvgIpc) is 2.69. The summed E-state index contributed by atoms with van der Waals surface area (Å²) in [4.78, 5) is 36.2. The second-order valence-electron chi connectivity index (χ2n) is 6.55. The van der Waals surface area contributed by atoms with Crippen molar-refractivity contribution in [3.8, 4) is 17.2 Å². The van der Waals surface area contributed by atoms with E-state index >= 15 is 0 Å². The van der Waals surface area contributed by atoms with E-state index in [0.29, 0.717) is 36.9 Å². The van der Waals surface area contributed by atoms with Crippen molar-refractivity contribution in [2.75, 3.05) is 34.0 Å². The Hall–Kier alpha value is -2.97. The smallest absolute Gasteiger partial charge is 0.338 e. The Labute approximate surface area is 163 Å². The Morgan fingerprint density at radius 1 is 1.14 bits per heavy atom. The number of nitrogens with one attached hydrogen (secondary N) is 1. The first-order valence-corrected chi connectivity index (χ1v) is 8.87. The number of hydrogen-bond acceptors (Lipinski definition) is 8. The first-order valence-electron chi connectivity index (χ1n) is 8.87. The van der Waals surface area contributed by atoms with Crippen LogP contribution in [-0.2, 0) is 19.1 Å². The molecule has 0 aromatic heterocycles. The minimum absolute atomic E-state index is 0.153. The molecular formula is C19H25NO8. The van der Waals surface area contributed by atoms with Crippen molar-refractivity contribution in [3.05, 3.63) is 17.7 Å². The van der Waals surface area contributed by atoms with Crippen molar-refractivity contribution in [2.24, 2.45) is 5.92 Å². The summed E-state index contributed by atoms with van der Waals surface area (Å²) >= 11 is 0. The van der Waals surface area contributed by atoms with Crippen LogP contribution in [0.15, 0.2) is 12.1 Å². The third kappa shape index (κ3) is 5.51. The van der Waals surface area contributed by atoms with Gasteiger partial charge in [-0.1, -0.05) is 13.8 Å². The summed E-state index contributed by atoms with van der Waals surface area (Å²) < 4.78 is 25.9. The highest BCUT2D eigenvalue weighted by Crippen LogP contribution is 2.40. The van der Waals surface area contributed by atoms with E-state index in [4.69, 9.17) is 18.9 Å². The van der Waals surface area contributed by atoms with Crippen LogP contribution < -0.4 is 19.5 Å². The molecular weight excluding hydrogens is 370 g/mol. The van der Waals surface area contributed by atoms with Crippen LogP contribution in [0.4, 0.5) is 0 Å². The molecule has 0 fully saturated rings. The topological polar surface area (TPSA) is 109 Å². The number of rotatable bonds is 8. The maximum atomic E-state index is 12.3. The van der Waals surface area contributed by atoms with Crippen molar-refractivity contribution in [1.82, 2.24) is 5.32 Å². The number of hydrogen-bond donors (Lipinski definition) is 1.